The quantitative estimate of drug-likeness (QED) is 0.686. The van der Waals surface area contributed by atoms with Crippen molar-refractivity contribution in [2.45, 2.75) is 52.0 Å². The number of sulfonamides is 1. The van der Waals surface area contributed by atoms with E-state index in [1.165, 1.54) is 9.87 Å². The van der Waals surface area contributed by atoms with Gasteiger partial charge in [0.05, 0.1) is 5.75 Å². The molecule has 2 saturated heterocycles. The Labute approximate surface area is 180 Å². The van der Waals surface area contributed by atoms with Crippen LogP contribution in [0.25, 0.3) is 0 Å². The second-order valence-corrected chi connectivity index (χ2v) is 10.1. The van der Waals surface area contributed by atoms with Crippen LogP contribution < -0.4 is 0 Å². The number of hydrogen-bond donors (Lipinski definition) is 0. The third-order valence-electron chi connectivity index (χ3n) is 6.05. The fourth-order valence-electron chi connectivity index (χ4n) is 4.27. The van der Waals surface area contributed by atoms with Crippen molar-refractivity contribution < 1.29 is 18.0 Å². The first-order valence-electron chi connectivity index (χ1n) is 11.0. The van der Waals surface area contributed by atoms with Gasteiger partial charge in [0.1, 0.15) is 6.04 Å². The summed E-state index contributed by atoms with van der Waals surface area (Å²) >= 11 is 0. The lowest BCUT2D eigenvalue weighted by Crippen LogP contribution is -2.57. The van der Waals surface area contributed by atoms with Crippen LogP contribution in [0, 0.1) is 0 Å². The lowest BCUT2D eigenvalue weighted by molar-refractivity contribution is -0.137. The Morgan fingerprint density at radius 2 is 1.57 bits per heavy atom. The number of carbonyl (C=O) groups is 2. The van der Waals surface area contributed by atoms with E-state index in [0.717, 1.165) is 19.3 Å². The number of nitrogens with zero attached hydrogens (tertiary/aromatic N) is 3. The molecule has 0 spiro atoms. The van der Waals surface area contributed by atoms with E-state index in [1.807, 2.05) is 31.2 Å². The van der Waals surface area contributed by atoms with Crippen molar-refractivity contribution in [3.8, 4) is 0 Å². The van der Waals surface area contributed by atoms with Crippen LogP contribution in [0.2, 0.25) is 0 Å². The number of aryl methyl sites for hydroxylation is 1. The first-order chi connectivity index (χ1) is 14.4. The number of hydrogen-bond acceptors (Lipinski definition) is 4. The zero-order valence-corrected chi connectivity index (χ0v) is 18.9. The van der Waals surface area contributed by atoms with Crippen LogP contribution >= 0.6 is 0 Å². The van der Waals surface area contributed by atoms with Crippen molar-refractivity contribution in [3.05, 3.63) is 35.4 Å². The number of piperazine rings is 1. The maximum absolute atomic E-state index is 13.1. The summed E-state index contributed by atoms with van der Waals surface area (Å²) in [6, 6.07) is 7.07. The molecule has 166 valence electrons. The highest BCUT2D eigenvalue weighted by Crippen LogP contribution is 2.24. The highest BCUT2D eigenvalue weighted by molar-refractivity contribution is 7.89. The Hall–Kier alpha value is -1.93. The molecule has 1 atom stereocenters. The lowest BCUT2D eigenvalue weighted by atomic mass is 10.0. The number of benzene rings is 1. The van der Waals surface area contributed by atoms with Gasteiger partial charge in [0, 0.05) is 38.3 Å². The molecule has 0 aliphatic carbocycles. The molecule has 0 N–H and O–H groups in total. The van der Waals surface area contributed by atoms with Crippen molar-refractivity contribution >= 4 is 21.8 Å². The van der Waals surface area contributed by atoms with Crippen molar-refractivity contribution in [3.63, 3.8) is 0 Å². The van der Waals surface area contributed by atoms with Gasteiger partial charge in [0.15, 0.2) is 0 Å². The minimum Gasteiger partial charge on any atom is -0.338 e. The molecule has 0 saturated carbocycles. The molecular weight excluding hydrogens is 402 g/mol. The maximum Gasteiger partial charge on any atom is 0.253 e. The molecule has 2 aliphatic heterocycles. The van der Waals surface area contributed by atoms with Gasteiger partial charge in [-0.2, -0.15) is 4.31 Å². The third kappa shape index (κ3) is 5.03. The van der Waals surface area contributed by atoms with Crippen LogP contribution in [-0.4, -0.2) is 78.9 Å². The summed E-state index contributed by atoms with van der Waals surface area (Å²) in [5, 5.41) is 0. The molecule has 7 nitrogen and oxygen atoms in total. The number of carbonyl (C=O) groups excluding carboxylic acids is 2. The Balaban J connectivity index is 1.62. The molecule has 2 heterocycles. The molecule has 2 amide bonds. The minimum atomic E-state index is -3.41. The average molecular weight is 436 g/mol. The van der Waals surface area contributed by atoms with Crippen molar-refractivity contribution in [2.24, 2.45) is 0 Å². The highest BCUT2D eigenvalue weighted by atomic mass is 32.2. The largest absolute Gasteiger partial charge is 0.338 e. The average Bonchev–Trinajstić information content (AvgIpc) is 2.78. The normalized spacial score (nSPS) is 20.9. The number of piperidine rings is 1. The topological polar surface area (TPSA) is 78.0 Å². The molecule has 1 aromatic rings. The molecule has 0 bridgehead atoms. The Bertz CT molecular complexity index is 846. The fourth-order valence-corrected chi connectivity index (χ4v) is 6.01. The van der Waals surface area contributed by atoms with Gasteiger partial charge in [0.25, 0.3) is 5.91 Å². The van der Waals surface area contributed by atoms with E-state index in [9.17, 15) is 18.0 Å². The molecule has 8 heteroatoms. The van der Waals surface area contributed by atoms with E-state index >= 15 is 0 Å². The highest BCUT2D eigenvalue weighted by Gasteiger charge is 2.39. The number of amides is 2. The minimum absolute atomic E-state index is 0.0189. The van der Waals surface area contributed by atoms with Crippen molar-refractivity contribution in [1.82, 2.24) is 14.1 Å². The van der Waals surface area contributed by atoms with Gasteiger partial charge in [-0.05, 0) is 43.4 Å². The van der Waals surface area contributed by atoms with Crippen LogP contribution in [-0.2, 0) is 21.2 Å². The third-order valence-corrected chi connectivity index (χ3v) is 8.12. The van der Waals surface area contributed by atoms with Crippen LogP contribution in [0.3, 0.4) is 0 Å². The first-order valence-corrected chi connectivity index (χ1v) is 12.6. The Kier molecular flexibility index (Phi) is 7.52. The van der Waals surface area contributed by atoms with Crippen LogP contribution in [0.5, 0.6) is 0 Å². The molecule has 2 aliphatic rings. The summed E-state index contributed by atoms with van der Waals surface area (Å²) in [7, 11) is -3.41. The standard InChI is InChI=1S/C22H33N3O4S/c1-3-17-30(28,29)25-12-6-5-7-20(25)22(27)24-15-13-23(14-16-24)21(26)19-10-8-18(4-2)9-11-19/h8-11,20H,3-7,12-17H2,1-2H3. The monoisotopic (exact) mass is 435 g/mol. The maximum atomic E-state index is 13.1. The van der Waals surface area contributed by atoms with E-state index in [-0.39, 0.29) is 17.6 Å². The van der Waals surface area contributed by atoms with E-state index < -0.39 is 16.1 Å². The van der Waals surface area contributed by atoms with Crippen LogP contribution in [0.1, 0.15) is 55.5 Å². The molecule has 1 aromatic carbocycles. The van der Waals surface area contributed by atoms with Gasteiger partial charge in [-0.3, -0.25) is 9.59 Å². The summed E-state index contributed by atoms with van der Waals surface area (Å²) in [4.78, 5) is 29.4. The summed E-state index contributed by atoms with van der Waals surface area (Å²) in [5.41, 5.74) is 1.85. The van der Waals surface area contributed by atoms with Crippen molar-refractivity contribution in [1.29, 1.82) is 0 Å². The van der Waals surface area contributed by atoms with Gasteiger partial charge in [-0.25, -0.2) is 8.42 Å². The van der Waals surface area contributed by atoms with E-state index in [2.05, 4.69) is 6.92 Å². The molecule has 30 heavy (non-hydrogen) atoms. The van der Waals surface area contributed by atoms with E-state index in [1.54, 1.807) is 9.80 Å². The molecule has 3 rings (SSSR count). The molecule has 1 unspecified atom stereocenters. The van der Waals surface area contributed by atoms with Gasteiger partial charge in [-0.15, -0.1) is 0 Å². The van der Waals surface area contributed by atoms with Gasteiger partial charge in [-0.1, -0.05) is 32.4 Å². The summed E-state index contributed by atoms with van der Waals surface area (Å²) in [6.45, 7) is 6.15. The summed E-state index contributed by atoms with van der Waals surface area (Å²) < 4.78 is 26.7. The predicted octanol–water partition coefficient (Wildman–Crippen LogP) is 2.13. The van der Waals surface area contributed by atoms with E-state index in [4.69, 9.17) is 0 Å². The molecule has 2 fully saturated rings. The zero-order chi connectivity index (χ0) is 21.7. The lowest BCUT2D eigenvalue weighted by Gasteiger charge is -2.40. The van der Waals surface area contributed by atoms with Crippen molar-refractivity contribution in [2.75, 3.05) is 38.5 Å². The molecule has 0 radical (unpaired) electrons. The van der Waals surface area contributed by atoms with Gasteiger partial charge >= 0.3 is 0 Å². The van der Waals surface area contributed by atoms with E-state index in [0.29, 0.717) is 51.1 Å². The van der Waals surface area contributed by atoms with Crippen LogP contribution in [0.4, 0.5) is 0 Å². The Morgan fingerprint density at radius 3 is 2.17 bits per heavy atom. The second-order valence-electron chi connectivity index (χ2n) is 8.11. The zero-order valence-electron chi connectivity index (χ0n) is 18.0. The number of rotatable bonds is 6. The molecular formula is C22H33N3O4S. The fraction of sp³-hybridized carbons (Fsp3) is 0.636. The SMILES string of the molecule is CCCS(=O)(=O)N1CCCCC1C(=O)N1CCN(C(=O)c2ccc(CC)cc2)CC1. The summed E-state index contributed by atoms with van der Waals surface area (Å²) in [5.74, 6) is -0.0565. The second kappa shape index (κ2) is 9.92. The van der Waals surface area contributed by atoms with Crippen LogP contribution in [0.15, 0.2) is 24.3 Å². The van der Waals surface area contributed by atoms with Gasteiger partial charge < -0.3 is 9.80 Å². The Morgan fingerprint density at radius 1 is 0.933 bits per heavy atom. The predicted molar refractivity (Wildman–Crippen MR) is 117 cm³/mol. The first kappa shape index (κ1) is 22.7. The van der Waals surface area contributed by atoms with Gasteiger partial charge in [0.2, 0.25) is 15.9 Å². The molecule has 0 aromatic heterocycles. The summed E-state index contributed by atoms with van der Waals surface area (Å²) in [6.07, 6.45) is 3.71. The smallest absolute Gasteiger partial charge is 0.253 e.